The molecule has 0 aliphatic heterocycles. The Kier molecular flexibility index (Phi) is 3.36. The SMILES string of the molecule is CCOC1CC(N)C1Nc1ncc(C)cn1. The highest BCUT2D eigenvalue weighted by Gasteiger charge is 2.39. The van der Waals surface area contributed by atoms with Crippen molar-refractivity contribution in [3.63, 3.8) is 0 Å². The second kappa shape index (κ2) is 4.76. The highest BCUT2D eigenvalue weighted by atomic mass is 16.5. The lowest BCUT2D eigenvalue weighted by Crippen LogP contribution is -2.60. The van der Waals surface area contributed by atoms with Crippen LogP contribution in [0.2, 0.25) is 0 Å². The zero-order valence-electron chi connectivity index (χ0n) is 9.68. The quantitative estimate of drug-likeness (QED) is 0.784. The van der Waals surface area contributed by atoms with E-state index >= 15 is 0 Å². The molecule has 1 aliphatic carbocycles. The Labute approximate surface area is 95.4 Å². The Balaban J connectivity index is 1.95. The maximum absolute atomic E-state index is 5.92. The van der Waals surface area contributed by atoms with E-state index in [2.05, 4.69) is 15.3 Å². The minimum atomic E-state index is 0.126. The van der Waals surface area contributed by atoms with Crippen molar-refractivity contribution in [2.45, 2.75) is 38.5 Å². The Hall–Kier alpha value is -1.20. The third-order valence-corrected chi connectivity index (χ3v) is 2.82. The molecule has 0 spiro atoms. The van der Waals surface area contributed by atoms with Gasteiger partial charge < -0.3 is 15.8 Å². The predicted octanol–water partition coefficient (Wildman–Crippen LogP) is 0.702. The molecule has 0 radical (unpaired) electrons. The van der Waals surface area contributed by atoms with Crippen LogP contribution in [0.15, 0.2) is 12.4 Å². The molecule has 0 saturated heterocycles. The fourth-order valence-corrected chi connectivity index (χ4v) is 1.84. The number of hydrogen-bond donors (Lipinski definition) is 2. The van der Waals surface area contributed by atoms with Crippen LogP contribution in [0.1, 0.15) is 18.9 Å². The van der Waals surface area contributed by atoms with Gasteiger partial charge in [-0.1, -0.05) is 0 Å². The average molecular weight is 222 g/mol. The van der Waals surface area contributed by atoms with Crippen LogP contribution in [-0.2, 0) is 4.74 Å². The first-order valence-electron chi connectivity index (χ1n) is 5.63. The van der Waals surface area contributed by atoms with Crippen molar-refractivity contribution in [2.75, 3.05) is 11.9 Å². The summed E-state index contributed by atoms with van der Waals surface area (Å²) in [4.78, 5) is 8.39. The Bertz CT molecular complexity index is 338. The lowest BCUT2D eigenvalue weighted by molar-refractivity contribution is -0.0128. The molecule has 5 heteroatoms. The van der Waals surface area contributed by atoms with Crippen molar-refractivity contribution >= 4 is 5.95 Å². The highest BCUT2D eigenvalue weighted by molar-refractivity contribution is 5.29. The zero-order valence-corrected chi connectivity index (χ0v) is 9.68. The van der Waals surface area contributed by atoms with Crippen LogP contribution >= 0.6 is 0 Å². The molecule has 1 aromatic rings. The van der Waals surface area contributed by atoms with E-state index in [0.717, 1.165) is 12.0 Å². The summed E-state index contributed by atoms with van der Waals surface area (Å²) in [5.74, 6) is 0.621. The smallest absolute Gasteiger partial charge is 0.222 e. The largest absolute Gasteiger partial charge is 0.376 e. The van der Waals surface area contributed by atoms with Crippen LogP contribution < -0.4 is 11.1 Å². The van der Waals surface area contributed by atoms with Crippen LogP contribution in [0.25, 0.3) is 0 Å². The normalized spacial score (nSPS) is 28.6. The summed E-state index contributed by atoms with van der Waals surface area (Å²) >= 11 is 0. The van der Waals surface area contributed by atoms with Crippen LogP contribution in [-0.4, -0.2) is 34.8 Å². The molecule has 0 bridgehead atoms. The topological polar surface area (TPSA) is 73.1 Å². The minimum absolute atomic E-state index is 0.126. The molecule has 88 valence electrons. The first kappa shape index (κ1) is 11.3. The second-order valence-corrected chi connectivity index (χ2v) is 4.15. The molecule has 0 aromatic carbocycles. The molecule has 5 nitrogen and oxygen atoms in total. The van der Waals surface area contributed by atoms with Crippen molar-refractivity contribution in [3.05, 3.63) is 18.0 Å². The number of nitrogens with two attached hydrogens (primary N) is 1. The number of anilines is 1. The van der Waals surface area contributed by atoms with E-state index in [4.69, 9.17) is 10.5 Å². The molecule has 16 heavy (non-hydrogen) atoms. The maximum Gasteiger partial charge on any atom is 0.222 e. The molecule has 3 unspecified atom stereocenters. The third kappa shape index (κ3) is 2.31. The van der Waals surface area contributed by atoms with E-state index in [1.807, 2.05) is 13.8 Å². The van der Waals surface area contributed by atoms with Gasteiger partial charge in [-0.2, -0.15) is 0 Å². The van der Waals surface area contributed by atoms with Crippen molar-refractivity contribution < 1.29 is 4.74 Å². The van der Waals surface area contributed by atoms with Crippen molar-refractivity contribution in [1.29, 1.82) is 0 Å². The van der Waals surface area contributed by atoms with Crippen LogP contribution in [0.5, 0.6) is 0 Å². The van der Waals surface area contributed by atoms with Gasteiger partial charge in [-0.25, -0.2) is 9.97 Å². The van der Waals surface area contributed by atoms with Crippen molar-refractivity contribution in [1.82, 2.24) is 9.97 Å². The average Bonchev–Trinajstić information content (AvgIpc) is 2.28. The molecule has 1 heterocycles. The number of rotatable bonds is 4. The van der Waals surface area contributed by atoms with E-state index in [9.17, 15) is 0 Å². The number of aromatic nitrogens is 2. The van der Waals surface area contributed by atoms with Crippen LogP contribution in [0.4, 0.5) is 5.95 Å². The Morgan fingerprint density at radius 3 is 2.75 bits per heavy atom. The standard InChI is InChI=1S/C11H18N4O/c1-3-16-9-4-8(12)10(9)15-11-13-5-7(2)6-14-11/h5-6,8-10H,3-4,12H2,1-2H3,(H,13,14,15). The van der Waals surface area contributed by atoms with Crippen molar-refractivity contribution in [2.24, 2.45) is 5.73 Å². The summed E-state index contributed by atoms with van der Waals surface area (Å²) in [6.45, 7) is 4.66. The van der Waals surface area contributed by atoms with Gasteiger partial charge in [-0.05, 0) is 25.8 Å². The lowest BCUT2D eigenvalue weighted by Gasteiger charge is -2.42. The molecular formula is C11H18N4O. The Morgan fingerprint density at radius 2 is 2.19 bits per heavy atom. The van der Waals surface area contributed by atoms with E-state index in [0.29, 0.717) is 12.6 Å². The maximum atomic E-state index is 5.92. The van der Waals surface area contributed by atoms with E-state index in [-0.39, 0.29) is 18.2 Å². The van der Waals surface area contributed by atoms with Gasteiger partial charge in [-0.3, -0.25) is 0 Å². The van der Waals surface area contributed by atoms with Gasteiger partial charge in [0.25, 0.3) is 0 Å². The summed E-state index contributed by atoms with van der Waals surface area (Å²) in [5.41, 5.74) is 6.97. The molecule has 3 atom stereocenters. The second-order valence-electron chi connectivity index (χ2n) is 4.15. The number of aryl methyl sites for hydroxylation is 1. The fourth-order valence-electron chi connectivity index (χ4n) is 1.84. The molecule has 0 amide bonds. The third-order valence-electron chi connectivity index (χ3n) is 2.82. The van der Waals surface area contributed by atoms with Crippen LogP contribution in [0, 0.1) is 6.92 Å². The van der Waals surface area contributed by atoms with E-state index in [1.54, 1.807) is 12.4 Å². The molecule has 1 fully saturated rings. The number of nitrogens with zero attached hydrogens (tertiary/aromatic N) is 2. The summed E-state index contributed by atoms with van der Waals surface area (Å²) in [6.07, 6.45) is 4.66. The number of hydrogen-bond acceptors (Lipinski definition) is 5. The minimum Gasteiger partial charge on any atom is -0.376 e. The Morgan fingerprint density at radius 1 is 1.50 bits per heavy atom. The first-order valence-corrected chi connectivity index (χ1v) is 5.63. The predicted molar refractivity (Wildman–Crippen MR) is 62.2 cm³/mol. The summed E-state index contributed by atoms with van der Waals surface area (Å²) in [7, 11) is 0. The molecule has 1 aromatic heterocycles. The number of nitrogens with one attached hydrogen (secondary N) is 1. The van der Waals surface area contributed by atoms with Gasteiger partial charge in [0, 0.05) is 25.0 Å². The van der Waals surface area contributed by atoms with Gasteiger partial charge in [-0.15, -0.1) is 0 Å². The van der Waals surface area contributed by atoms with Crippen molar-refractivity contribution in [3.8, 4) is 0 Å². The molecule has 1 aliphatic rings. The van der Waals surface area contributed by atoms with Gasteiger partial charge in [0.1, 0.15) is 0 Å². The lowest BCUT2D eigenvalue weighted by atomic mass is 9.83. The number of ether oxygens (including phenoxy) is 1. The molecular weight excluding hydrogens is 204 g/mol. The fraction of sp³-hybridized carbons (Fsp3) is 0.636. The summed E-state index contributed by atoms with van der Waals surface area (Å²) in [5, 5.41) is 3.22. The monoisotopic (exact) mass is 222 g/mol. The highest BCUT2D eigenvalue weighted by Crippen LogP contribution is 2.24. The van der Waals surface area contributed by atoms with Crippen LogP contribution in [0.3, 0.4) is 0 Å². The summed E-state index contributed by atoms with van der Waals surface area (Å²) < 4.78 is 5.56. The molecule has 1 saturated carbocycles. The van der Waals surface area contributed by atoms with Gasteiger partial charge in [0.15, 0.2) is 0 Å². The van der Waals surface area contributed by atoms with E-state index < -0.39 is 0 Å². The first-order chi connectivity index (χ1) is 7.70. The molecule has 3 N–H and O–H groups in total. The molecule has 2 rings (SSSR count). The van der Waals surface area contributed by atoms with Gasteiger partial charge in [0.05, 0.1) is 12.1 Å². The van der Waals surface area contributed by atoms with E-state index in [1.165, 1.54) is 0 Å². The zero-order chi connectivity index (χ0) is 11.5. The summed E-state index contributed by atoms with van der Waals surface area (Å²) in [6, 6.07) is 0.254. The van der Waals surface area contributed by atoms with Gasteiger partial charge in [0.2, 0.25) is 5.95 Å². The van der Waals surface area contributed by atoms with Gasteiger partial charge >= 0.3 is 0 Å².